The molecule has 0 aromatic rings. The van der Waals surface area contributed by atoms with Crippen LogP contribution in [-0.4, -0.2) is 0 Å². The lowest BCUT2D eigenvalue weighted by atomic mass is 10.3. The quantitative estimate of drug-likeness (QED) is 0.581. The second-order valence-electron chi connectivity index (χ2n) is 1.87. The van der Waals surface area contributed by atoms with Crippen molar-refractivity contribution >= 4 is 15.9 Å². The average molecular weight is 187 g/mol. The minimum Gasteiger partial charge on any atom is -0.0988 e. The molecule has 0 aromatic heterocycles. The molecule has 0 N–H and O–H groups in total. The number of halogens is 1. The van der Waals surface area contributed by atoms with Crippen LogP contribution >= 0.6 is 15.9 Å². The van der Waals surface area contributed by atoms with Gasteiger partial charge < -0.3 is 0 Å². The van der Waals surface area contributed by atoms with Crippen LogP contribution in [0.25, 0.3) is 0 Å². The predicted molar refractivity (Wildman–Crippen MR) is 46.6 cm³/mol. The van der Waals surface area contributed by atoms with Crippen LogP contribution < -0.4 is 0 Å². The van der Waals surface area contributed by atoms with Gasteiger partial charge in [0.05, 0.1) is 0 Å². The van der Waals surface area contributed by atoms with Gasteiger partial charge in [-0.1, -0.05) is 46.3 Å². The molecule has 0 atom stereocenters. The molecule has 0 heterocycles. The van der Waals surface area contributed by atoms with E-state index in [-0.39, 0.29) is 0 Å². The summed E-state index contributed by atoms with van der Waals surface area (Å²) >= 11 is 3.31. The Morgan fingerprint density at radius 3 is 2.22 bits per heavy atom. The highest BCUT2D eigenvalue weighted by molar-refractivity contribution is 9.11. The van der Waals surface area contributed by atoms with Crippen molar-refractivity contribution in [3.8, 4) is 0 Å². The van der Waals surface area contributed by atoms with Gasteiger partial charge in [0, 0.05) is 0 Å². The van der Waals surface area contributed by atoms with Crippen LogP contribution in [0.5, 0.6) is 0 Å². The zero-order valence-electron chi connectivity index (χ0n) is 5.82. The summed E-state index contributed by atoms with van der Waals surface area (Å²) in [7, 11) is 0. The first-order valence-electron chi connectivity index (χ1n) is 2.80. The lowest BCUT2D eigenvalue weighted by molar-refractivity contribution is 1.52. The molecule has 0 saturated carbocycles. The summed E-state index contributed by atoms with van der Waals surface area (Å²) < 4.78 is 1.13. The largest absolute Gasteiger partial charge is 0.0988 e. The van der Waals surface area contributed by atoms with E-state index in [2.05, 4.69) is 22.5 Å². The molecule has 0 rings (SSSR count). The van der Waals surface area contributed by atoms with Crippen molar-refractivity contribution in [2.24, 2.45) is 0 Å². The normalized spacial score (nSPS) is 13.7. The van der Waals surface area contributed by atoms with E-state index >= 15 is 0 Å². The Kier molecular flexibility index (Phi) is 4.41. The molecule has 0 aliphatic rings. The fourth-order valence-electron chi connectivity index (χ4n) is 0.314. The average Bonchev–Trinajstić information content (AvgIpc) is 1.83. The summed E-state index contributed by atoms with van der Waals surface area (Å²) in [6.07, 6.45) is 5.83. The monoisotopic (exact) mass is 186 g/mol. The van der Waals surface area contributed by atoms with Crippen molar-refractivity contribution in [3.63, 3.8) is 0 Å². The molecule has 0 saturated heterocycles. The zero-order valence-corrected chi connectivity index (χ0v) is 7.40. The number of hydrogen-bond acceptors (Lipinski definition) is 0. The minimum atomic E-state index is 1.13. The van der Waals surface area contributed by atoms with E-state index in [0.717, 1.165) is 4.48 Å². The van der Waals surface area contributed by atoms with Gasteiger partial charge in [-0.15, -0.1) is 0 Å². The molecule has 0 bridgehead atoms. The van der Waals surface area contributed by atoms with Crippen molar-refractivity contribution in [1.29, 1.82) is 0 Å². The highest BCUT2D eigenvalue weighted by Crippen LogP contribution is 2.03. The van der Waals surface area contributed by atoms with Crippen LogP contribution in [0.4, 0.5) is 0 Å². The highest BCUT2D eigenvalue weighted by Gasteiger charge is 1.76. The van der Waals surface area contributed by atoms with Gasteiger partial charge in [0.25, 0.3) is 0 Å². The Labute approximate surface area is 65.1 Å². The lowest BCUT2D eigenvalue weighted by Gasteiger charge is -1.84. The van der Waals surface area contributed by atoms with E-state index in [9.17, 15) is 0 Å². The van der Waals surface area contributed by atoms with Gasteiger partial charge in [-0.05, 0) is 18.3 Å². The Morgan fingerprint density at radius 2 is 1.89 bits per heavy atom. The molecule has 1 heteroatoms. The molecule has 9 heavy (non-hydrogen) atoms. The maximum absolute atomic E-state index is 3.63. The molecule has 0 aliphatic heterocycles. The molecule has 0 aliphatic carbocycles. The maximum Gasteiger partial charge on any atom is -0.00803 e. The third-order valence-electron chi connectivity index (χ3n) is 0.898. The van der Waals surface area contributed by atoms with Crippen molar-refractivity contribution in [2.75, 3.05) is 0 Å². The Balaban J connectivity index is 3.98. The molecule has 0 radical (unpaired) electrons. The number of allylic oxidation sites excluding steroid dienone is 5. The zero-order chi connectivity index (χ0) is 7.28. The van der Waals surface area contributed by atoms with Gasteiger partial charge in [0.2, 0.25) is 0 Å². The molecule has 0 unspecified atom stereocenters. The van der Waals surface area contributed by atoms with Crippen LogP contribution in [0, 0.1) is 0 Å². The molecular weight excluding hydrogens is 176 g/mol. The van der Waals surface area contributed by atoms with E-state index in [0.29, 0.717) is 0 Å². The predicted octanol–water partition coefficient (Wildman–Crippen LogP) is 3.42. The Bertz CT molecular complexity index is 148. The van der Waals surface area contributed by atoms with E-state index in [1.807, 2.05) is 32.1 Å². The first kappa shape index (κ1) is 8.70. The fourth-order valence-corrected chi connectivity index (χ4v) is 0.446. The SMILES string of the molecule is C=C/C(C)=C\C=C(/C)Br. The highest BCUT2D eigenvalue weighted by atomic mass is 79.9. The summed E-state index contributed by atoms with van der Waals surface area (Å²) in [6.45, 7) is 7.63. The van der Waals surface area contributed by atoms with Crippen LogP contribution in [0.3, 0.4) is 0 Å². The molecule has 0 nitrogen and oxygen atoms in total. The van der Waals surface area contributed by atoms with Gasteiger partial charge in [-0.25, -0.2) is 0 Å². The van der Waals surface area contributed by atoms with E-state index in [4.69, 9.17) is 0 Å². The second kappa shape index (κ2) is 4.57. The van der Waals surface area contributed by atoms with Crippen molar-refractivity contribution in [1.82, 2.24) is 0 Å². The molecular formula is C8H11Br. The summed E-state index contributed by atoms with van der Waals surface area (Å²) in [5, 5.41) is 0. The van der Waals surface area contributed by atoms with Crippen LogP contribution in [0.2, 0.25) is 0 Å². The van der Waals surface area contributed by atoms with Gasteiger partial charge in [-0.2, -0.15) is 0 Å². The van der Waals surface area contributed by atoms with Gasteiger partial charge in [-0.3, -0.25) is 0 Å². The Morgan fingerprint density at radius 1 is 1.33 bits per heavy atom. The van der Waals surface area contributed by atoms with Crippen LogP contribution in [0.1, 0.15) is 13.8 Å². The first-order chi connectivity index (χ1) is 4.16. The van der Waals surface area contributed by atoms with Gasteiger partial charge >= 0.3 is 0 Å². The van der Waals surface area contributed by atoms with Crippen molar-refractivity contribution < 1.29 is 0 Å². The summed E-state index contributed by atoms with van der Waals surface area (Å²) in [5.74, 6) is 0. The summed E-state index contributed by atoms with van der Waals surface area (Å²) in [4.78, 5) is 0. The third kappa shape index (κ3) is 5.57. The number of rotatable bonds is 2. The molecule has 0 fully saturated rings. The maximum atomic E-state index is 3.63. The van der Waals surface area contributed by atoms with Gasteiger partial charge in [0.1, 0.15) is 0 Å². The first-order valence-corrected chi connectivity index (χ1v) is 3.59. The fraction of sp³-hybridized carbons (Fsp3) is 0.250. The van der Waals surface area contributed by atoms with E-state index in [1.54, 1.807) is 0 Å². The number of hydrogen-bond donors (Lipinski definition) is 0. The Hall–Kier alpha value is -0.300. The molecule has 50 valence electrons. The van der Waals surface area contributed by atoms with Crippen molar-refractivity contribution in [2.45, 2.75) is 13.8 Å². The van der Waals surface area contributed by atoms with E-state index in [1.165, 1.54) is 5.57 Å². The molecule has 0 spiro atoms. The van der Waals surface area contributed by atoms with Crippen LogP contribution in [-0.2, 0) is 0 Å². The second-order valence-corrected chi connectivity index (χ2v) is 3.12. The topological polar surface area (TPSA) is 0 Å². The van der Waals surface area contributed by atoms with E-state index < -0.39 is 0 Å². The smallest absolute Gasteiger partial charge is 0.00803 e. The van der Waals surface area contributed by atoms with Gasteiger partial charge in [0.15, 0.2) is 0 Å². The molecule has 0 amide bonds. The standard InChI is InChI=1S/C8H11Br/c1-4-7(2)5-6-8(3)9/h4-6H,1H2,2-3H3/b7-5-,8-6+. The third-order valence-corrected chi connectivity index (χ3v) is 1.16. The lowest BCUT2D eigenvalue weighted by Crippen LogP contribution is -1.62. The van der Waals surface area contributed by atoms with Crippen molar-refractivity contribution in [3.05, 3.63) is 34.9 Å². The molecule has 0 aromatic carbocycles. The summed E-state index contributed by atoms with van der Waals surface area (Å²) in [5.41, 5.74) is 1.17. The minimum absolute atomic E-state index is 1.13. The summed E-state index contributed by atoms with van der Waals surface area (Å²) in [6, 6.07) is 0. The van der Waals surface area contributed by atoms with Crippen LogP contribution in [0.15, 0.2) is 34.9 Å².